The van der Waals surface area contributed by atoms with Gasteiger partial charge in [-0.25, -0.2) is 0 Å². The van der Waals surface area contributed by atoms with Gasteiger partial charge < -0.3 is 10.0 Å². The Morgan fingerprint density at radius 1 is 0.955 bits per heavy atom. The average Bonchev–Trinajstić information content (AvgIpc) is 2.55. The van der Waals surface area contributed by atoms with Crippen molar-refractivity contribution in [1.29, 1.82) is 0 Å². The number of piperazine rings is 1. The normalized spacial score (nSPS) is 25.5. The third-order valence-electron chi connectivity index (χ3n) is 5.12. The number of phenolic OH excluding ortho intramolecular Hbond substituents is 1. The molecule has 2 heterocycles. The first-order chi connectivity index (χ1) is 10.7. The number of hydrogen-bond donors (Lipinski definition) is 1. The third kappa shape index (κ3) is 2.31. The van der Waals surface area contributed by atoms with Crippen molar-refractivity contribution in [3.05, 3.63) is 65.2 Å². The van der Waals surface area contributed by atoms with Crippen LogP contribution in [0.5, 0.6) is 5.75 Å². The molecule has 0 aliphatic carbocycles. The van der Waals surface area contributed by atoms with Crippen LogP contribution in [0.1, 0.15) is 28.7 Å². The van der Waals surface area contributed by atoms with E-state index in [1.165, 1.54) is 16.7 Å². The van der Waals surface area contributed by atoms with Crippen molar-refractivity contribution in [2.75, 3.05) is 33.2 Å². The lowest BCUT2D eigenvalue weighted by Crippen LogP contribution is -2.50. The molecule has 0 aromatic heterocycles. The van der Waals surface area contributed by atoms with E-state index in [0.29, 0.717) is 17.7 Å². The number of rotatable bonds is 1. The lowest BCUT2D eigenvalue weighted by Gasteiger charge is -2.46. The molecule has 2 atom stereocenters. The summed E-state index contributed by atoms with van der Waals surface area (Å²) < 4.78 is 0. The van der Waals surface area contributed by atoms with Crippen LogP contribution in [-0.4, -0.2) is 48.1 Å². The van der Waals surface area contributed by atoms with Crippen LogP contribution >= 0.6 is 0 Å². The molecule has 2 aromatic carbocycles. The lowest BCUT2D eigenvalue weighted by atomic mass is 9.80. The summed E-state index contributed by atoms with van der Waals surface area (Å²) in [5.41, 5.74) is 4.04. The molecule has 0 spiro atoms. The summed E-state index contributed by atoms with van der Waals surface area (Å²) in [5, 5.41) is 9.97. The maximum atomic E-state index is 9.97. The first-order valence-corrected chi connectivity index (χ1v) is 8.03. The topological polar surface area (TPSA) is 26.7 Å². The van der Waals surface area contributed by atoms with Crippen LogP contribution in [0.3, 0.4) is 0 Å². The number of nitrogens with zero attached hydrogens (tertiary/aromatic N) is 2. The van der Waals surface area contributed by atoms with Gasteiger partial charge in [-0.2, -0.15) is 0 Å². The SMILES string of the molecule is CN1CCN2CC(c3ccccc3)c3ccc(O)cc3C2C1. The van der Waals surface area contributed by atoms with Crippen LogP contribution in [0.4, 0.5) is 0 Å². The molecular formula is C19H22N2O. The number of fused-ring (bicyclic) bond motifs is 3. The minimum absolute atomic E-state index is 0.376. The molecule has 0 radical (unpaired) electrons. The maximum absolute atomic E-state index is 9.97. The second-order valence-electron chi connectivity index (χ2n) is 6.55. The highest BCUT2D eigenvalue weighted by Gasteiger charge is 2.36. The van der Waals surface area contributed by atoms with Crippen LogP contribution in [0.25, 0.3) is 0 Å². The Balaban J connectivity index is 1.81. The summed E-state index contributed by atoms with van der Waals surface area (Å²) in [4.78, 5) is 4.97. The molecule has 4 rings (SSSR count). The van der Waals surface area contributed by atoms with Crippen molar-refractivity contribution in [3.8, 4) is 5.75 Å². The van der Waals surface area contributed by atoms with Crippen LogP contribution in [0.2, 0.25) is 0 Å². The van der Waals surface area contributed by atoms with E-state index in [1.807, 2.05) is 12.1 Å². The van der Waals surface area contributed by atoms with Gasteiger partial charge in [-0.1, -0.05) is 36.4 Å². The monoisotopic (exact) mass is 294 g/mol. The molecule has 0 bridgehead atoms. The zero-order valence-electron chi connectivity index (χ0n) is 12.9. The molecule has 1 saturated heterocycles. The summed E-state index contributed by atoms with van der Waals surface area (Å²) >= 11 is 0. The molecule has 114 valence electrons. The van der Waals surface area contributed by atoms with Gasteiger partial charge in [0, 0.05) is 38.1 Å². The highest BCUT2D eigenvalue weighted by Crippen LogP contribution is 2.41. The van der Waals surface area contributed by atoms with Gasteiger partial charge in [0.25, 0.3) is 0 Å². The molecule has 2 unspecified atom stereocenters. The Bertz CT molecular complexity index is 670. The summed E-state index contributed by atoms with van der Waals surface area (Å²) in [7, 11) is 2.18. The molecule has 2 aliphatic heterocycles. The minimum Gasteiger partial charge on any atom is -0.508 e. The zero-order chi connectivity index (χ0) is 15.1. The first-order valence-electron chi connectivity index (χ1n) is 8.03. The molecule has 2 aliphatic rings. The Morgan fingerprint density at radius 3 is 2.59 bits per heavy atom. The summed E-state index contributed by atoms with van der Waals surface area (Å²) in [5.74, 6) is 0.775. The molecule has 2 aromatic rings. The molecule has 0 saturated carbocycles. The van der Waals surface area contributed by atoms with Crippen molar-refractivity contribution in [2.45, 2.75) is 12.0 Å². The van der Waals surface area contributed by atoms with Crippen molar-refractivity contribution in [2.24, 2.45) is 0 Å². The highest BCUT2D eigenvalue weighted by atomic mass is 16.3. The van der Waals surface area contributed by atoms with Gasteiger partial charge in [0.05, 0.1) is 0 Å². The number of aromatic hydroxyl groups is 1. The summed E-state index contributed by atoms with van der Waals surface area (Å²) in [6.45, 7) is 4.32. The molecular weight excluding hydrogens is 272 g/mol. The zero-order valence-corrected chi connectivity index (χ0v) is 12.9. The molecule has 1 N–H and O–H groups in total. The van der Waals surface area contributed by atoms with Crippen molar-refractivity contribution in [1.82, 2.24) is 9.80 Å². The Labute approximate surface area is 131 Å². The first kappa shape index (κ1) is 13.8. The fourth-order valence-electron chi connectivity index (χ4n) is 3.94. The maximum Gasteiger partial charge on any atom is 0.115 e. The van der Waals surface area contributed by atoms with E-state index >= 15 is 0 Å². The fraction of sp³-hybridized carbons (Fsp3) is 0.368. The summed E-state index contributed by atoms with van der Waals surface area (Å²) in [6, 6.07) is 17.1. The smallest absolute Gasteiger partial charge is 0.115 e. The molecule has 3 nitrogen and oxygen atoms in total. The quantitative estimate of drug-likeness (QED) is 0.876. The standard InChI is InChI=1S/C19H22N2O/c1-20-9-10-21-12-18(14-5-3-2-4-6-14)16-8-7-15(22)11-17(16)19(21)13-20/h2-8,11,18-19,22H,9-10,12-13H2,1H3. The predicted octanol–water partition coefficient (Wildman–Crippen LogP) is 2.83. The third-order valence-corrected chi connectivity index (χ3v) is 5.12. The summed E-state index contributed by atoms with van der Waals surface area (Å²) in [6.07, 6.45) is 0. The van der Waals surface area contributed by atoms with Crippen LogP contribution in [0, 0.1) is 0 Å². The lowest BCUT2D eigenvalue weighted by molar-refractivity contribution is 0.0771. The molecule has 22 heavy (non-hydrogen) atoms. The van der Waals surface area contributed by atoms with E-state index in [-0.39, 0.29) is 0 Å². The number of benzene rings is 2. The second-order valence-corrected chi connectivity index (χ2v) is 6.55. The molecule has 1 fully saturated rings. The van der Waals surface area contributed by atoms with E-state index in [9.17, 15) is 5.11 Å². The largest absolute Gasteiger partial charge is 0.508 e. The molecule has 3 heteroatoms. The van der Waals surface area contributed by atoms with E-state index < -0.39 is 0 Å². The number of likely N-dealkylation sites (N-methyl/N-ethyl adjacent to an activating group) is 1. The van der Waals surface area contributed by atoms with Gasteiger partial charge >= 0.3 is 0 Å². The van der Waals surface area contributed by atoms with Gasteiger partial charge in [0.1, 0.15) is 5.75 Å². The Hall–Kier alpha value is -1.84. The minimum atomic E-state index is 0.376. The van der Waals surface area contributed by atoms with Gasteiger partial charge in [-0.15, -0.1) is 0 Å². The predicted molar refractivity (Wildman–Crippen MR) is 88.2 cm³/mol. The number of hydrogen-bond acceptors (Lipinski definition) is 3. The van der Waals surface area contributed by atoms with Gasteiger partial charge in [-0.3, -0.25) is 4.90 Å². The van der Waals surface area contributed by atoms with Crippen molar-refractivity contribution >= 4 is 0 Å². The molecule has 0 amide bonds. The average molecular weight is 294 g/mol. The number of phenols is 1. The Morgan fingerprint density at radius 2 is 1.77 bits per heavy atom. The van der Waals surface area contributed by atoms with Gasteiger partial charge in [0.2, 0.25) is 0 Å². The fourth-order valence-corrected chi connectivity index (χ4v) is 3.94. The second kappa shape index (κ2) is 5.41. The van der Waals surface area contributed by atoms with E-state index in [1.54, 1.807) is 0 Å². The van der Waals surface area contributed by atoms with Crippen molar-refractivity contribution in [3.63, 3.8) is 0 Å². The van der Waals surface area contributed by atoms with E-state index in [2.05, 4.69) is 53.2 Å². The van der Waals surface area contributed by atoms with Crippen LogP contribution < -0.4 is 0 Å². The van der Waals surface area contributed by atoms with Gasteiger partial charge in [0.15, 0.2) is 0 Å². The van der Waals surface area contributed by atoms with Crippen LogP contribution in [-0.2, 0) is 0 Å². The van der Waals surface area contributed by atoms with E-state index in [0.717, 1.165) is 26.2 Å². The van der Waals surface area contributed by atoms with E-state index in [4.69, 9.17) is 0 Å². The van der Waals surface area contributed by atoms with Crippen molar-refractivity contribution < 1.29 is 5.11 Å². The van der Waals surface area contributed by atoms with Gasteiger partial charge in [-0.05, 0) is 35.9 Å². The Kier molecular flexibility index (Phi) is 3.40. The highest BCUT2D eigenvalue weighted by molar-refractivity contribution is 5.46. The van der Waals surface area contributed by atoms with Crippen LogP contribution in [0.15, 0.2) is 48.5 Å².